The van der Waals surface area contributed by atoms with Crippen LogP contribution in [0.4, 0.5) is 0 Å². The molecule has 0 fully saturated rings. The molecule has 0 atom stereocenters. The second kappa shape index (κ2) is 4.88. The van der Waals surface area contributed by atoms with Crippen LogP contribution in [0.15, 0.2) is 5.53 Å². The van der Waals surface area contributed by atoms with E-state index in [-0.39, 0.29) is 18.9 Å². The molecule has 0 aliphatic carbocycles. The minimum absolute atomic E-state index is 0. The maximum Gasteiger partial charge on any atom is 1.00 e. The molecule has 0 bridgehead atoms. The van der Waals surface area contributed by atoms with Crippen LogP contribution in [0, 0.1) is 0 Å². The van der Waals surface area contributed by atoms with Crippen molar-refractivity contribution >= 4 is 16.4 Å². The summed E-state index contributed by atoms with van der Waals surface area (Å²) >= 11 is 0. The van der Waals surface area contributed by atoms with Gasteiger partial charge in [0.1, 0.15) is 0 Å². The Morgan fingerprint density at radius 2 is 2.00 bits per heavy atom. The fourth-order valence-corrected chi connectivity index (χ4v) is 4.11. The molecule has 1 aromatic rings. The fraction of sp³-hybridized carbons (Fsp3) is 0.667. The molecule has 3 heteroatoms. The average molecular weight is 192 g/mol. The quantitative estimate of drug-likeness (QED) is 0.590. The van der Waals surface area contributed by atoms with E-state index in [0.717, 1.165) is 0 Å². The van der Waals surface area contributed by atoms with Crippen LogP contribution in [-0.4, -0.2) is 0 Å². The van der Waals surface area contributed by atoms with Crippen molar-refractivity contribution in [2.24, 2.45) is 0 Å². The largest absolute Gasteiger partial charge is 1.00 e. The summed E-state index contributed by atoms with van der Waals surface area (Å²) in [7, 11) is 2.91. The van der Waals surface area contributed by atoms with E-state index in [4.69, 9.17) is 0 Å². The summed E-state index contributed by atoms with van der Waals surface area (Å²) in [5.74, 6) is 0. The summed E-state index contributed by atoms with van der Waals surface area (Å²) in [5, 5.41) is 3.28. The minimum atomic E-state index is 0. The van der Waals surface area contributed by atoms with Gasteiger partial charge in [0.05, 0.1) is 0 Å². The first kappa shape index (κ1) is 12.8. The van der Waals surface area contributed by atoms with E-state index >= 15 is 0 Å². The number of hydrogen-bond acceptors (Lipinski definition) is 0. The van der Waals surface area contributed by atoms with Gasteiger partial charge in [-0.1, -0.05) is 27.7 Å². The molecule has 62 valence electrons. The van der Waals surface area contributed by atoms with Crippen molar-refractivity contribution in [3.05, 3.63) is 16.1 Å². The average Bonchev–Trinajstić information content (AvgIpc) is 2.31. The van der Waals surface area contributed by atoms with Crippen molar-refractivity contribution in [2.75, 3.05) is 0 Å². The first-order chi connectivity index (χ1) is 5.05. The molecule has 0 aliphatic heterocycles. The zero-order valence-electron chi connectivity index (χ0n) is 8.68. The molecule has 0 aromatic carbocycles. The zero-order chi connectivity index (χ0) is 8.48. The molecular formula is C9H15LiP2. The predicted molar refractivity (Wildman–Crippen MR) is 55.1 cm³/mol. The van der Waals surface area contributed by atoms with Gasteiger partial charge in [-0.05, 0) is 11.8 Å². The van der Waals surface area contributed by atoms with Gasteiger partial charge >= 0.3 is 18.9 Å². The van der Waals surface area contributed by atoms with Crippen LogP contribution in [0.2, 0.25) is 0 Å². The van der Waals surface area contributed by atoms with Crippen LogP contribution >= 0.6 is 16.4 Å². The van der Waals surface area contributed by atoms with Crippen LogP contribution in [0.3, 0.4) is 0 Å². The summed E-state index contributed by atoms with van der Waals surface area (Å²) in [6, 6.07) is 0. The van der Waals surface area contributed by atoms with Crippen molar-refractivity contribution in [2.45, 2.75) is 39.5 Å². The maximum absolute atomic E-state index is 2.35. The van der Waals surface area contributed by atoms with Crippen LogP contribution in [-0.2, 0) is 11.8 Å². The Morgan fingerprint density at radius 1 is 1.42 bits per heavy atom. The fourth-order valence-electron chi connectivity index (χ4n) is 1.18. The Bertz CT molecular complexity index is 235. The molecule has 12 heavy (non-hydrogen) atoms. The summed E-state index contributed by atoms with van der Waals surface area (Å²) in [6.45, 7) is 9.17. The molecule has 0 amide bonds. The van der Waals surface area contributed by atoms with Crippen molar-refractivity contribution in [3.8, 4) is 0 Å². The topological polar surface area (TPSA) is 0 Å². The van der Waals surface area contributed by atoms with Crippen LogP contribution < -0.4 is 18.9 Å². The van der Waals surface area contributed by atoms with Crippen molar-refractivity contribution < 1.29 is 18.9 Å². The third-order valence-corrected chi connectivity index (χ3v) is 4.87. The molecule has 1 rings (SSSR count). The van der Waals surface area contributed by atoms with Gasteiger partial charge in [-0.15, -0.1) is 10.6 Å². The second-order valence-electron chi connectivity index (χ2n) is 3.77. The van der Waals surface area contributed by atoms with Gasteiger partial charge in [0.2, 0.25) is 0 Å². The maximum atomic E-state index is 2.35. The van der Waals surface area contributed by atoms with E-state index in [0.29, 0.717) is 5.41 Å². The van der Waals surface area contributed by atoms with E-state index in [1.54, 1.807) is 10.6 Å². The Morgan fingerprint density at radius 3 is 2.33 bits per heavy atom. The van der Waals surface area contributed by atoms with Gasteiger partial charge in [0.15, 0.2) is 0 Å². The van der Waals surface area contributed by atoms with Crippen molar-refractivity contribution in [1.82, 2.24) is 0 Å². The summed E-state index contributed by atoms with van der Waals surface area (Å²) in [4.78, 5) is 0. The normalized spacial score (nSPS) is 12.3. The van der Waals surface area contributed by atoms with Gasteiger partial charge in [-0.25, -0.2) is 0 Å². The molecule has 0 N–H and O–H groups in total. The Kier molecular flexibility index (Phi) is 5.21. The zero-order valence-corrected chi connectivity index (χ0v) is 10.5. The van der Waals surface area contributed by atoms with Crippen LogP contribution in [0.1, 0.15) is 38.3 Å². The first-order valence-electron chi connectivity index (χ1n) is 4.02. The molecule has 0 saturated heterocycles. The Balaban J connectivity index is 0.00000121. The Hall–Kier alpha value is 0.807. The standard InChI is InChI=1S/C9H15P2.Li/c1-5-7-8(9(2,3)4)11-6-10-7;/h6H,5H2,1-4H3;/q-1;+1. The summed E-state index contributed by atoms with van der Waals surface area (Å²) < 4.78 is 0. The second-order valence-corrected chi connectivity index (χ2v) is 6.20. The van der Waals surface area contributed by atoms with Gasteiger partial charge in [0.25, 0.3) is 0 Å². The molecule has 0 unspecified atom stereocenters. The van der Waals surface area contributed by atoms with Gasteiger partial charge in [0, 0.05) is 0 Å². The number of hydrogen-bond donors (Lipinski definition) is 0. The summed E-state index contributed by atoms with van der Waals surface area (Å²) in [5.41, 5.74) is 2.73. The van der Waals surface area contributed by atoms with E-state index in [9.17, 15) is 0 Å². The van der Waals surface area contributed by atoms with E-state index in [1.807, 2.05) is 0 Å². The monoisotopic (exact) mass is 192 g/mol. The number of aryl methyl sites for hydroxylation is 1. The van der Waals surface area contributed by atoms with Gasteiger partial charge in [-0.2, -0.15) is 5.53 Å². The van der Waals surface area contributed by atoms with Crippen molar-refractivity contribution in [3.63, 3.8) is 0 Å². The molecule has 1 aromatic heterocycles. The summed E-state index contributed by atoms with van der Waals surface area (Å²) in [6.07, 6.45) is 1.22. The van der Waals surface area contributed by atoms with Gasteiger partial charge in [-0.3, -0.25) is 0 Å². The van der Waals surface area contributed by atoms with Gasteiger partial charge < -0.3 is 16.4 Å². The number of rotatable bonds is 1. The van der Waals surface area contributed by atoms with Crippen molar-refractivity contribution in [1.29, 1.82) is 0 Å². The molecule has 0 saturated carbocycles. The van der Waals surface area contributed by atoms with E-state index < -0.39 is 0 Å². The third kappa shape index (κ3) is 2.94. The minimum Gasteiger partial charge on any atom is -0.311 e. The third-order valence-electron chi connectivity index (χ3n) is 1.72. The van der Waals surface area contributed by atoms with Crippen LogP contribution in [0.5, 0.6) is 0 Å². The molecule has 1 heterocycles. The molecular weight excluding hydrogens is 177 g/mol. The molecule has 0 radical (unpaired) electrons. The molecule has 0 aliphatic rings. The molecule has 0 spiro atoms. The SMILES string of the molecule is CCc1pc[p-]c1C(C)(C)C.[Li+]. The Labute approximate surface area is 90.9 Å². The molecule has 0 nitrogen and oxygen atoms in total. The smallest absolute Gasteiger partial charge is 0.311 e. The van der Waals surface area contributed by atoms with Crippen LogP contribution in [0.25, 0.3) is 0 Å². The first-order valence-corrected chi connectivity index (χ1v) is 5.95. The van der Waals surface area contributed by atoms with E-state index in [1.165, 1.54) is 22.8 Å². The van der Waals surface area contributed by atoms with E-state index in [2.05, 4.69) is 33.2 Å². The predicted octanol–water partition coefficient (Wildman–Crippen LogP) is 1.43.